The van der Waals surface area contributed by atoms with Crippen molar-refractivity contribution in [1.29, 1.82) is 0 Å². The Labute approximate surface area is 166 Å². The number of anilines is 1. The van der Waals surface area contributed by atoms with Gasteiger partial charge in [0.05, 0.1) is 21.3 Å². The number of hydrogen-bond donors (Lipinski definition) is 0. The van der Waals surface area contributed by atoms with Crippen LogP contribution >= 0.6 is 11.6 Å². The lowest BCUT2D eigenvalue weighted by Gasteiger charge is -2.36. The molecule has 1 saturated heterocycles. The van der Waals surface area contributed by atoms with Crippen LogP contribution in [0.5, 0.6) is 17.2 Å². The first kappa shape index (κ1) is 19.6. The molecule has 1 heterocycles. The van der Waals surface area contributed by atoms with Crippen LogP contribution in [-0.4, -0.2) is 59.0 Å². The molecule has 0 atom stereocenters. The van der Waals surface area contributed by atoms with Gasteiger partial charge >= 0.3 is 0 Å². The van der Waals surface area contributed by atoms with E-state index in [1.807, 2.05) is 30.3 Å². The Balaban J connectivity index is 1.57. The van der Waals surface area contributed by atoms with Crippen molar-refractivity contribution in [3.63, 3.8) is 0 Å². The molecule has 2 aromatic carbocycles. The van der Waals surface area contributed by atoms with Gasteiger partial charge in [-0.25, -0.2) is 0 Å². The molecule has 0 aromatic heterocycles. The second kappa shape index (κ2) is 9.20. The van der Waals surface area contributed by atoms with E-state index in [4.69, 9.17) is 25.8 Å². The van der Waals surface area contributed by atoms with Gasteiger partial charge in [0.1, 0.15) is 0 Å². The van der Waals surface area contributed by atoms with Gasteiger partial charge < -0.3 is 19.1 Å². The summed E-state index contributed by atoms with van der Waals surface area (Å²) in [6, 6.07) is 12.1. The summed E-state index contributed by atoms with van der Waals surface area (Å²) >= 11 is 6.11. The minimum Gasteiger partial charge on any atom is -0.493 e. The van der Waals surface area contributed by atoms with E-state index in [1.165, 1.54) is 11.3 Å². The Hall–Kier alpha value is -2.11. The first-order chi connectivity index (χ1) is 13.1. The van der Waals surface area contributed by atoms with Crippen LogP contribution in [0.3, 0.4) is 0 Å². The van der Waals surface area contributed by atoms with E-state index in [9.17, 15) is 0 Å². The van der Waals surface area contributed by atoms with Gasteiger partial charge in [0.25, 0.3) is 0 Å². The van der Waals surface area contributed by atoms with Crippen molar-refractivity contribution in [3.05, 3.63) is 47.0 Å². The predicted molar refractivity (Wildman–Crippen MR) is 110 cm³/mol. The van der Waals surface area contributed by atoms with Crippen LogP contribution in [0.2, 0.25) is 5.02 Å². The number of methoxy groups -OCH3 is 3. The van der Waals surface area contributed by atoms with E-state index in [-0.39, 0.29) is 0 Å². The molecule has 27 heavy (non-hydrogen) atoms. The fourth-order valence-corrected chi connectivity index (χ4v) is 3.65. The van der Waals surface area contributed by atoms with Gasteiger partial charge in [0.2, 0.25) is 5.75 Å². The molecule has 1 aliphatic heterocycles. The normalized spacial score (nSPS) is 14.9. The van der Waals surface area contributed by atoms with Gasteiger partial charge in [-0.1, -0.05) is 17.7 Å². The van der Waals surface area contributed by atoms with Crippen LogP contribution < -0.4 is 19.1 Å². The summed E-state index contributed by atoms with van der Waals surface area (Å²) < 4.78 is 16.3. The number of benzene rings is 2. The van der Waals surface area contributed by atoms with E-state index >= 15 is 0 Å². The van der Waals surface area contributed by atoms with E-state index in [1.54, 1.807) is 21.3 Å². The van der Waals surface area contributed by atoms with Gasteiger partial charge in [-0.3, -0.25) is 4.90 Å². The van der Waals surface area contributed by atoms with Gasteiger partial charge in [-0.15, -0.1) is 0 Å². The highest BCUT2D eigenvalue weighted by atomic mass is 35.5. The van der Waals surface area contributed by atoms with Crippen LogP contribution in [0.4, 0.5) is 5.69 Å². The molecule has 0 unspecified atom stereocenters. The Morgan fingerprint density at radius 3 is 2.11 bits per heavy atom. The standard InChI is InChI=1S/C21H27ClN2O3/c1-25-19-13-16(14-20(26-2)21(19)27-3)7-8-23-9-11-24(12-10-23)18-6-4-5-17(22)15-18/h4-6,13-15H,7-12H2,1-3H3. The molecule has 0 aliphatic carbocycles. The van der Waals surface area contributed by atoms with Crippen molar-refractivity contribution < 1.29 is 14.2 Å². The summed E-state index contributed by atoms with van der Waals surface area (Å²) in [5.41, 5.74) is 2.38. The summed E-state index contributed by atoms with van der Waals surface area (Å²) in [5, 5.41) is 0.789. The summed E-state index contributed by atoms with van der Waals surface area (Å²) in [4.78, 5) is 4.88. The van der Waals surface area contributed by atoms with Crippen molar-refractivity contribution in [2.75, 3.05) is 59.0 Å². The monoisotopic (exact) mass is 390 g/mol. The lowest BCUT2D eigenvalue weighted by atomic mass is 10.1. The molecule has 1 fully saturated rings. The summed E-state index contributed by atoms with van der Waals surface area (Å²) in [7, 11) is 4.92. The van der Waals surface area contributed by atoms with Crippen LogP contribution in [0.25, 0.3) is 0 Å². The van der Waals surface area contributed by atoms with E-state index < -0.39 is 0 Å². The fraction of sp³-hybridized carbons (Fsp3) is 0.429. The zero-order valence-electron chi connectivity index (χ0n) is 16.2. The van der Waals surface area contributed by atoms with E-state index in [2.05, 4.69) is 15.9 Å². The average molecular weight is 391 g/mol. The molecule has 2 aromatic rings. The van der Waals surface area contributed by atoms with Gasteiger partial charge in [0, 0.05) is 43.4 Å². The summed E-state index contributed by atoms with van der Waals surface area (Å²) in [5.74, 6) is 2.05. The van der Waals surface area contributed by atoms with Crippen molar-refractivity contribution in [3.8, 4) is 17.2 Å². The SMILES string of the molecule is COc1cc(CCN2CCN(c3cccc(Cl)c3)CC2)cc(OC)c1OC. The number of nitrogens with zero attached hydrogens (tertiary/aromatic N) is 2. The Kier molecular flexibility index (Phi) is 6.69. The zero-order valence-corrected chi connectivity index (χ0v) is 17.0. The van der Waals surface area contributed by atoms with Crippen LogP contribution in [0.15, 0.2) is 36.4 Å². The van der Waals surface area contributed by atoms with Gasteiger partial charge in [0.15, 0.2) is 11.5 Å². The van der Waals surface area contributed by atoms with Crippen molar-refractivity contribution in [1.82, 2.24) is 4.90 Å². The maximum absolute atomic E-state index is 6.11. The fourth-order valence-electron chi connectivity index (χ4n) is 3.47. The largest absolute Gasteiger partial charge is 0.493 e. The molecular formula is C21H27ClN2O3. The highest BCUT2D eigenvalue weighted by molar-refractivity contribution is 6.30. The minimum absolute atomic E-state index is 0.638. The van der Waals surface area contributed by atoms with Crippen molar-refractivity contribution in [2.24, 2.45) is 0 Å². The topological polar surface area (TPSA) is 34.2 Å². The predicted octanol–water partition coefficient (Wildman–Crippen LogP) is 3.73. The third-order valence-corrected chi connectivity index (χ3v) is 5.22. The molecule has 6 heteroatoms. The number of hydrogen-bond acceptors (Lipinski definition) is 5. The van der Waals surface area contributed by atoms with Gasteiger partial charge in [-0.05, 0) is 42.3 Å². The van der Waals surface area contributed by atoms with E-state index in [0.29, 0.717) is 17.2 Å². The molecule has 146 valence electrons. The molecule has 0 amide bonds. The van der Waals surface area contributed by atoms with Gasteiger partial charge in [-0.2, -0.15) is 0 Å². The Bertz CT molecular complexity index is 736. The molecule has 0 N–H and O–H groups in total. The molecule has 1 aliphatic rings. The summed E-state index contributed by atoms with van der Waals surface area (Å²) in [6.07, 6.45) is 0.938. The van der Waals surface area contributed by atoms with Crippen LogP contribution in [-0.2, 0) is 6.42 Å². The molecule has 0 spiro atoms. The third-order valence-electron chi connectivity index (χ3n) is 4.99. The molecular weight excluding hydrogens is 364 g/mol. The Morgan fingerprint density at radius 1 is 0.889 bits per heavy atom. The Morgan fingerprint density at radius 2 is 1.56 bits per heavy atom. The molecule has 3 rings (SSSR count). The third kappa shape index (κ3) is 4.79. The maximum atomic E-state index is 6.11. The van der Waals surface area contributed by atoms with Crippen LogP contribution in [0, 0.1) is 0 Å². The van der Waals surface area contributed by atoms with E-state index in [0.717, 1.165) is 44.2 Å². The number of ether oxygens (including phenoxy) is 3. The first-order valence-electron chi connectivity index (χ1n) is 9.16. The second-order valence-electron chi connectivity index (χ2n) is 6.59. The number of halogens is 1. The second-order valence-corrected chi connectivity index (χ2v) is 7.03. The maximum Gasteiger partial charge on any atom is 0.203 e. The quantitative estimate of drug-likeness (QED) is 0.719. The molecule has 0 bridgehead atoms. The van der Waals surface area contributed by atoms with Crippen molar-refractivity contribution >= 4 is 17.3 Å². The smallest absolute Gasteiger partial charge is 0.203 e. The van der Waals surface area contributed by atoms with Crippen molar-refractivity contribution in [2.45, 2.75) is 6.42 Å². The molecule has 0 radical (unpaired) electrons. The number of piperazine rings is 1. The lowest BCUT2D eigenvalue weighted by molar-refractivity contribution is 0.260. The molecule has 0 saturated carbocycles. The highest BCUT2D eigenvalue weighted by Crippen LogP contribution is 2.38. The minimum atomic E-state index is 0.638. The molecule has 5 nitrogen and oxygen atoms in total. The highest BCUT2D eigenvalue weighted by Gasteiger charge is 2.18. The first-order valence-corrected chi connectivity index (χ1v) is 9.54. The summed E-state index contributed by atoms with van der Waals surface area (Å²) in [6.45, 7) is 5.10. The number of rotatable bonds is 7. The lowest BCUT2D eigenvalue weighted by Crippen LogP contribution is -2.47. The van der Waals surface area contributed by atoms with Crippen LogP contribution in [0.1, 0.15) is 5.56 Å². The zero-order chi connectivity index (χ0) is 19.2. The average Bonchev–Trinajstić information content (AvgIpc) is 2.71.